The van der Waals surface area contributed by atoms with Crippen LogP contribution in [0.3, 0.4) is 0 Å². The molecule has 0 aromatic heterocycles. The van der Waals surface area contributed by atoms with Crippen LogP contribution in [0.1, 0.15) is 19.3 Å². The molecule has 0 spiro atoms. The van der Waals surface area contributed by atoms with E-state index >= 15 is 0 Å². The summed E-state index contributed by atoms with van der Waals surface area (Å²) in [5.41, 5.74) is 0. The molecule has 2 atom stereocenters. The van der Waals surface area contributed by atoms with Gasteiger partial charge >= 0.3 is 0 Å². The molecule has 2 aliphatic rings. The minimum Gasteiger partial charge on any atom is -0.396 e. The topological polar surface area (TPSA) is 86.7 Å². The van der Waals surface area contributed by atoms with Gasteiger partial charge in [-0.3, -0.25) is 4.79 Å². The Bertz CT molecular complexity index is 423. The Morgan fingerprint density at radius 3 is 2.89 bits per heavy atom. The summed E-state index contributed by atoms with van der Waals surface area (Å²) in [4.78, 5) is 13.9. The number of nitrogens with one attached hydrogen (secondary N) is 1. The zero-order valence-electron chi connectivity index (χ0n) is 11.0. The Morgan fingerprint density at radius 2 is 2.21 bits per heavy atom. The van der Waals surface area contributed by atoms with Gasteiger partial charge in [-0.15, -0.1) is 0 Å². The average Bonchev–Trinajstić information content (AvgIpc) is 2.77. The van der Waals surface area contributed by atoms with Gasteiger partial charge in [0, 0.05) is 38.7 Å². The zero-order valence-corrected chi connectivity index (χ0v) is 11.9. The first-order valence-corrected chi connectivity index (χ1v) is 8.65. The van der Waals surface area contributed by atoms with E-state index in [1.165, 1.54) is 0 Å². The molecule has 0 aliphatic carbocycles. The summed E-state index contributed by atoms with van der Waals surface area (Å²) in [6, 6.07) is -0.247. The van der Waals surface area contributed by atoms with E-state index in [0.29, 0.717) is 19.0 Å². The normalized spacial score (nSPS) is 30.5. The van der Waals surface area contributed by atoms with Gasteiger partial charge in [-0.25, -0.2) is 8.42 Å². The highest BCUT2D eigenvalue weighted by Crippen LogP contribution is 2.20. The van der Waals surface area contributed by atoms with Crippen LogP contribution in [0.4, 0.5) is 0 Å². The van der Waals surface area contributed by atoms with E-state index in [1.54, 1.807) is 4.90 Å². The number of amides is 1. The predicted octanol–water partition coefficient (Wildman–Crippen LogP) is -1.01. The maximum Gasteiger partial charge on any atom is 0.224 e. The van der Waals surface area contributed by atoms with E-state index in [2.05, 4.69) is 5.32 Å². The van der Waals surface area contributed by atoms with Gasteiger partial charge in [-0.2, -0.15) is 0 Å². The van der Waals surface area contributed by atoms with E-state index in [1.807, 2.05) is 0 Å². The lowest BCUT2D eigenvalue weighted by Gasteiger charge is -2.25. The van der Waals surface area contributed by atoms with Crippen molar-refractivity contribution in [3.8, 4) is 0 Å². The van der Waals surface area contributed by atoms with Gasteiger partial charge in [-0.05, 0) is 18.8 Å². The lowest BCUT2D eigenvalue weighted by atomic mass is 10.1. The van der Waals surface area contributed by atoms with Crippen LogP contribution in [-0.4, -0.2) is 68.1 Å². The Balaban J connectivity index is 1.81. The number of aliphatic hydroxyl groups is 1. The van der Waals surface area contributed by atoms with Crippen molar-refractivity contribution in [1.29, 1.82) is 0 Å². The second-order valence-electron chi connectivity index (χ2n) is 5.48. The molecule has 110 valence electrons. The average molecular weight is 290 g/mol. The number of carbonyl (C=O) groups is 1. The molecular weight excluding hydrogens is 268 g/mol. The van der Waals surface area contributed by atoms with Crippen molar-refractivity contribution >= 4 is 15.7 Å². The van der Waals surface area contributed by atoms with Gasteiger partial charge in [0.15, 0.2) is 9.84 Å². The Hall–Kier alpha value is -0.660. The third-order valence-electron chi connectivity index (χ3n) is 3.90. The van der Waals surface area contributed by atoms with Crippen molar-refractivity contribution in [3.63, 3.8) is 0 Å². The van der Waals surface area contributed by atoms with Gasteiger partial charge in [0.1, 0.15) is 0 Å². The molecule has 2 fully saturated rings. The molecule has 2 unspecified atom stereocenters. The smallest absolute Gasteiger partial charge is 0.224 e. The van der Waals surface area contributed by atoms with Crippen LogP contribution in [-0.2, 0) is 14.6 Å². The summed E-state index contributed by atoms with van der Waals surface area (Å²) < 4.78 is 23.0. The summed E-state index contributed by atoms with van der Waals surface area (Å²) in [5.74, 6) is 0.638. The summed E-state index contributed by atoms with van der Waals surface area (Å²) in [7, 11) is -2.99. The van der Waals surface area contributed by atoms with E-state index in [9.17, 15) is 13.2 Å². The third kappa shape index (κ3) is 4.15. The Kier molecular flexibility index (Phi) is 4.81. The van der Waals surface area contributed by atoms with Crippen molar-refractivity contribution in [2.75, 3.05) is 37.7 Å². The van der Waals surface area contributed by atoms with Gasteiger partial charge in [0.25, 0.3) is 0 Å². The van der Waals surface area contributed by atoms with Gasteiger partial charge < -0.3 is 15.3 Å². The molecule has 2 saturated heterocycles. The molecule has 2 rings (SSSR count). The van der Waals surface area contributed by atoms with E-state index in [-0.39, 0.29) is 36.5 Å². The van der Waals surface area contributed by atoms with Crippen molar-refractivity contribution in [2.45, 2.75) is 25.3 Å². The van der Waals surface area contributed by atoms with Crippen molar-refractivity contribution in [1.82, 2.24) is 10.2 Å². The van der Waals surface area contributed by atoms with E-state index in [0.717, 1.165) is 19.4 Å². The van der Waals surface area contributed by atoms with Gasteiger partial charge in [-0.1, -0.05) is 0 Å². The Morgan fingerprint density at radius 1 is 1.42 bits per heavy atom. The number of aliphatic hydroxyl groups excluding tert-OH is 1. The molecule has 0 aromatic rings. The van der Waals surface area contributed by atoms with E-state index < -0.39 is 9.84 Å². The fourth-order valence-corrected chi connectivity index (χ4v) is 4.26. The van der Waals surface area contributed by atoms with Crippen LogP contribution in [0.25, 0.3) is 0 Å². The molecule has 2 aliphatic heterocycles. The fraction of sp³-hybridized carbons (Fsp3) is 0.917. The van der Waals surface area contributed by atoms with Crippen LogP contribution in [0.5, 0.6) is 0 Å². The number of hydrogen-bond acceptors (Lipinski definition) is 5. The molecule has 19 heavy (non-hydrogen) atoms. The summed E-state index contributed by atoms with van der Waals surface area (Å²) in [6.45, 7) is 2.02. The highest BCUT2D eigenvalue weighted by molar-refractivity contribution is 7.91. The maximum absolute atomic E-state index is 12.1. The molecule has 2 N–H and O–H groups in total. The third-order valence-corrected chi connectivity index (χ3v) is 5.63. The minimum absolute atomic E-state index is 0.0232. The molecule has 0 radical (unpaired) electrons. The predicted molar refractivity (Wildman–Crippen MR) is 71.5 cm³/mol. The lowest BCUT2D eigenvalue weighted by Crippen LogP contribution is -2.47. The molecule has 6 nitrogen and oxygen atoms in total. The second kappa shape index (κ2) is 6.19. The Labute approximate surface area is 114 Å². The van der Waals surface area contributed by atoms with Gasteiger partial charge in [0.2, 0.25) is 5.91 Å². The lowest BCUT2D eigenvalue weighted by molar-refractivity contribution is -0.130. The van der Waals surface area contributed by atoms with Crippen LogP contribution >= 0.6 is 0 Å². The first-order chi connectivity index (χ1) is 9.00. The number of likely N-dealkylation sites (tertiary alicyclic amines) is 1. The number of nitrogens with zero attached hydrogens (tertiary/aromatic N) is 1. The molecule has 2 heterocycles. The SMILES string of the molecule is O=C(CC1CS(=O)(=O)CCN1)N1CCC(CCO)C1. The zero-order chi connectivity index (χ0) is 13.9. The molecule has 0 aromatic carbocycles. The van der Waals surface area contributed by atoms with Crippen molar-refractivity contribution in [2.24, 2.45) is 5.92 Å². The molecule has 0 bridgehead atoms. The van der Waals surface area contributed by atoms with Crippen LogP contribution in [0, 0.1) is 5.92 Å². The van der Waals surface area contributed by atoms with Crippen molar-refractivity contribution in [3.05, 3.63) is 0 Å². The maximum atomic E-state index is 12.1. The molecule has 1 amide bonds. The van der Waals surface area contributed by atoms with Crippen molar-refractivity contribution < 1.29 is 18.3 Å². The van der Waals surface area contributed by atoms with Crippen LogP contribution in [0.15, 0.2) is 0 Å². The number of sulfone groups is 1. The van der Waals surface area contributed by atoms with Crippen LogP contribution in [0.2, 0.25) is 0 Å². The summed E-state index contributed by atoms with van der Waals surface area (Å²) >= 11 is 0. The largest absolute Gasteiger partial charge is 0.396 e. The second-order valence-corrected chi connectivity index (χ2v) is 7.70. The van der Waals surface area contributed by atoms with Crippen LogP contribution < -0.4 is 5.32 Å². The van der Waals surface area contributed by atoms with E-state index in [4.69, 9.17) is 5.11 Å². The quantitative estimate of drug-likeness (QED) is 0.693. The number of hydrogen-bond donors (Lipinski definition) is 2. The minimum atomic E-state index is -2.99. The monoisotopic (exact) mass is 290 g/mol. The van der Waals surface area contributed by atoms with Gasteiger partial charge in [0.05, 0.1) is 11.5 Å². The first kappa shape index (κ1) is 14.7. The first-order valence-electron chi connectivity index (χ1n) is 6.82. The standard InChI is InChI=1S/C12H22N2O4S/c15-5-2-10-1-4-14(8-10)12(16)7-11-9-19(17,18)6-3-13-11/h10-11,13,15H,1-9H2. The number of rotatable bonds is 4. The number of carbonyl (C=O) groups excluding carboxylic acids is 1. The fourth-order valence-electron chi connectivity index (χ4n) is 2.82. The summed E-state index contributed by atoms with van der Waals surface area (Å²) in [5, 5.41) is 12.0. The molecular formula is C12H22N2O4S. The molecule has 7 heteroatoms. The molecule has 0 saturated carbocycles. The highest BCUT2D eigenvalue weighted by Gasteiger charge is 2.30. The highest BCUT2D eigenvalue weighted by atomic mass is 32.2. The summed E-state index contributed by atoms with van der Waals surface area (Å²) in [6.07, 6.45) is 1.92.